The number of rotatable bonds is 9. The topological polar surface area (TPSA) is 99.3 Å². The van der Waals surface area contributed by atoms with Crippen LogP contribution in [0.15, 0.2) is 36.8 Å². The van der Waals surface area contributed by atoms with E-state index < -0.39 is 17.4 Å². The molecule has 1 aromatic carbocycles. The van der Waals surface area contributed by atoms with Crippen molar-refractivity contribution >= 4 is 11.9 Å². The molecule has 2 atom stereocenters. The third-order valence-corrected chi connectivity index (χ3v) is 7.77. The largest absolute Gasteiger partial charge is 0.492 e. The molecule has 3 heterocycles. The zero-order valence-electron chi connectivity index (χ0n) is 23.3. The van der Waals surface area contributed by atoms with Crippen LogP contribution in [0.1, 0.15) is 64.6 Å². The van der Waals surface area contributed by atoms with Crippen molar-refractivity contribution in [3.63, 3.8) is 0 Å². The SMILES string of the molecule is CCOc1cc(C(C)N2CC3(CC3(F)F)c3c(CN(C)C)cc(Cn4ccnc4NC)cc3C2=O)ncc1C#N. The number of nitrogens with zero attached hydrogens (tertiary/aromatic N) is 6. The maximum atomic E-state index is 15.4. The lowest BCUT2D eigenvalue weighted by atomic mass is 9.80. The second kappa shape index (κ2) is 10.2. The number of carbonyl (C=O) groups excluding carboxylic acids is 1. The van der Waals surface area contributed by atoms with Gasteiger partial charge in [0, 0.05) is 56.8 Å². The fraction of sp³-hybridized carbons (Fsp3) is 0.448. The number of hydrogen-bond donors (Lipinski definition) is 1. The van der Waals surface area contributed by atoms with Crippen LogP contribution in [-0.4, -0.2) is 70.5 Å². The number of amides is 1. The predicted octanol–water partition coefficient (Wildman–Crippen LogP) is 4.19. The maximum Gasteiger partial charge on any atom is 0.260 e. The van der Waals surface area contributed by atoms with Gasteiger partial charge in [-0.25, -0.2) is 13.8 Å². The van der Waals surface area contributed by atoms with Crippen LogP contribution < -0.4 is 10.1 Å². The van der Waals surface area contributed by atoms with Gasteiger partial charge in [0.05, 0.1) is 30.3 Å². The number of anilines is 1. The number of pyridine rings is 1. The molecular formula is C29H33F2N7O2. The van der Waals surface area contributed by atoms with Crippen molar-refractivity contribution in [2.24, 2.45) is 0 Å². The van der Waals surface area contributed by atoms with E-state index in [1.807, 2.05) is 35.8 Å². The van der Waals surface area contributed by atoms with Crippen molar-refractivity contribution in [1.82, 2.24) is 24.3 Å². The minimum absolute atomic E-state index is 0.121. The molecule has 1 saturated carbocycles. The van der Waals surface area contributed by atoms with Gasteiger partial charge in [-0.1, -0.05) is 6.07 Å². The number of benzene rings is 1. The molecule has 1 fully saturated rings. The van der Waals surface area contributed by atoms with Crippen LogP contribution in [0.5, 0.6) is 5.75 Å². The molecule has 2 aliphatic rings. The van der Waals surface area contributed by atoms with Crippen molar-refractivity contribution < 1.29 is 18.3 Å². The summed E-state index contributed by atoms with van der Waals surface area (Å²) in [6, 6.07) is 6.75. The van der Waals surface area contributed by atoms with Crippen molar-refractivity contribution in [3.05, 3.63) is 70.3 Å². The Morgan fingerprint density at radius 1 is 1.27 bits per heavy atom. The van der Waals surface area contributed by atoms with Crippen LogP contribution >= 0.6 is 0 Å². The van der Waals surface area contributed by atoms with Crippen molar-refractivity contribution in [2.75, 3.05) is 39.6 Å². The summed E-state index contributed by atoms with van der Waals surface area (Å²) in [5, 5.41) is 12.5. The Balaban J connectivity index is 1.61. The number of nitrogens with one attached hydrogen (secondary N) is 1. The van der Waals surface area contributed by atoms with E-state index in [2.05, 4.69) is 21.4 Å². The fourth-order valence-corrected chi connectivity index (χ4v) is 5.81. The first-order chi connectivity index (χ1) is 19.0. The quantitative estimate of drug-likeness (QED) is 0.427. The van der Waals surface area contributed by atoms with Gasteiger partial charge in [-0.15, -0.1) is 0 Å². The second-order valence-corrected chi connectivity index (χ2v) is 10.8. The Morgan fingerprint density at radius 3 is 2.65 bits per heavy atom. The lowest BCUT2D eigenvalue weighted by Crippen LogP contribution is -2.47. The number of hydrogen-bond acceptors (Lipinski definition) is 7. The molecule has 210 valence electrons. The zero-order chi connectivity index (χ0) is 28.8. The number of nitriles is 1. The summed E-state index contributed by atoms with van der Waals surface area (Å²) in [6.45, 7) is 4.66. The molecule has 11 heteroatoms. The molecule has 1 aliphatic heterocycles. The van der Waals surface area contributed by atoms with E-state index in [1.165, 1.54) is 11.1 Å². The van der Waals surface area contributed by atoms with Crippen LogP contribution in [0.4, 0.5) is 14.7 Å². The van der Waals surface area contributed by atoms with Crippen molar-refractivity contribution in [2.45, 2.75) is 50.7 Å². The van der Waals surface area contributed by atoms with Crippen LogP contribution in [0, 0.1) is 11.3 Å². The molecule has 0 bridgehead atoms. The van der Waals surface area contributed by atoms with Crippen molar-refractivity contribution in [3.8, 4) is 11.8 Å². The molecular weight excluding hydrogens is 516 g/mol. The Morgan fingerprint density at radius 2 is 2.02 bits per heavy atom. The number of ether oxygens (including phenoxy) is 1. The molecule has 0 radical (unpaired) electrons. The van der Waals surface area contributed by atoms with E-state index in [4.69, 9.17) is 4.74 Å². The van der Waals surface area contributed by atoms with Gasteiger partial charge in [-0.2, -0.15) is 5.26 Å². The standard InChI is InChI=1S/C29H33F2N7O2/c1-6-40-24-11-23(35-13-21(24)12-32)18(2)38-17-28(16-29(28,30)31)25-20(15-36(4)5)9-19(10-22(25)26(38)39)14-37-8-7-34-27(37)33-3/h7-11,13,18H,6,14-17H2,1-5H3,(H,33,34). The molecule has 1 spiro atoms. The predicted molar refractivity (Wildman–Crippen MR) is 146 cm³/mol. The minimum Gasteiger partial charge on any atom is -0.492 e. The molecule has 3 aromatic rings. The average Bonchev–Trinajstić information content (AvgIpc) is 3.20. The summed E-state index contributed by atoms with van der Waals surface area (Å²) < 4.78 is 38.2. The first-order valence-electron chi connectivity index (χ1n) is 13.3. The van der Waals surface area contributed by atoms with Crippen molar-refractivity contribution in [1.29, 1.82) is 5.26 Å². The molecule has 5 rings (SSSR count). The summed E-state index contributed by atoms with van der Waals surface area (Å²) in [6.07, 6.45) is 4.59. The van der Waals surface area contributed by atoms with Gasteiger partial charge in [0.1, 0.15) is 17.4 Å². The van der Waals surface area contributed by atoms with Gasteiger partial charge in [-0.05, 0) is 50.7 Å². The van der Waals surface area contributed by atoms with E-state index in [1.54, 1.807) is 39.2 Å². The molecule has 1 amide bonds. The number of imidazole rings is 1. The Labute approximate surface area is 232 Å². The molecule has 9 nitrogen and oxygen atoms in total. The second-order valence-electron chi connectivity index (χ2n) is 10.8. The third kappa shape index (κ3) is 4.56. The normalized spacial score (nSPS) is 19.9. The van der Waals surface area contributed by atoms with E-state index in [-0.39, 0.29) is 24.4 Å². The van der Waals surface area contributed by atoms with Gasteiger partial charge in [0.15, 0.2) is 0 Å². The van der Waals surface area contributed by atoms with Crippen LogP contribution in [0.25, 0.3) is 0 Å². The maximum absolute atomic E-state index is 15.4. The fourth-order valence-electron chi connectivity index (χ4n) is 5.81. The monoisotopic (exact) mass is 549 g/mol. The molecule has 2 unspecified atom stereocenters. The van der Waals surface area contributed by atoms with Gasteiger partial charge in [-0.3, -0.25) is 9.78 Å². The third-order valence-electron chi connectivity index (χ3n) is 7.77. The first kappa shape index (κ1) is 27.5. The van der Waals surface area contributed by atoms with Gasteiger partial charge in [0.25, 0.3) is 11.8 Å². The lowest BCUT2D eigenvalue weighted by Gasteiger charge is -2.40. The van der Waals surface area contributed by atoms with Crippen LogP contribution in [0.2, 0.25) is 0 Å². The highest BCUT2D eigenvalue weighted by molar-refractivity contribution is 5.99. The summed E-state index contributed by atoms with van der Waals surface area (Å²) in [5.74, 6) is -2.24. The first-order valence-corrected chi connectivity index (χ1v) is 13.3. The van der Waals surface area contributed by atoms with E-state index in [0.717, 1.165) is 11.1 Å². The summed E-state index contributed by atoms with van der Waals surface area (Å²) >= 11 is 0. The van der Waals surface area contributed by atoms with Gasteiger partial charge >= 0.3 is 0 Å². The summed E-state index contributed by atoms with van der Waals surface area (Å²) in [5.41, 5.74) is 1.59. The molecule has 2 aromatic heterocycles. The molecule has 1 aliphatic carbocycles. The number of halogens is 2. The highest BCUT2D eigenvalue weighted by Gasteiger charge is 2.75. The highest BCUT2D eigenvalue weighted by Crippen LogP contribution is 2.65. The smallest absolute Gasteiger partial charge is 0.260 e. The summed E-state index contributed by atoms with van der Waals surface area (Å²) in [7, 11) is 5.55. The minimum atomic E-state index is -2.94. The van der Waals surface area contributed by atoms with Gasteiger partial charge < -0.3 is 24.4 Å². The van der Waals surface area contributed by atoms with Crippen LogP contribution in [0.3, 0.4) is 0 Å². The molecule has 40 heavy (non-hydrogen) atoms. The molecule has 1 N–H and O–H groups in total. The molecule has 0 saturated heterocycles. The van der Waals surface area contributed by atoms with E-state index >= 15 is 8.78 Å². The Hall–Kier alpha value is -4.04. The number of carbonyl (C=O) groups is 1. The highest BCUT2D eigenvalue weighted by atomic mass is 19.3. The Kier molecular flexibility index (Phi) is 7.00. The number of aromatic nitrogens is 3. The summed E-state index contributed by atoms with van der Waals surface area (Å²) in [4.78, 5) is 26.2. The lowest BCUT2D eigenvalue weighted by molar-refractivity contribution is 0.0450. The van der Waals surface area contributed by atoms with E-state index in [9.17, 15) is 10.1 Å². The van der Waals surface area contributed by atoms with Crippen LogP contribution in [-0.2, 0) is 18.5 Å². The van der Waals surface area contributed by atoms with E-state index in [0.29, 0.717) is 48.2 Å². The average molecular weight is 550 g/mol. The Bertz CT molecular complexity index is 1500. The van der Waals surface area contributed by atoms with Gasteiger partial charge in [0.2, 0.25) is 5.95 Å². The number of alkyl halides is 2. The zero-order valence-corrected chi connectivity index (χ0v) is 23.3. The number of fused-ring (bicyclic) bond motifs is 2.